The molecule has 0 bridgehead atoms. The van der Waals surface area contributed by atoms with E-state index in [0.29, 0.717) is 6.61 Å². The van der Waals surface area contributed by atoms with Crippen LogP contribution in [0.1, 0.15) is 31.9 Å². The van der Waals surface area contributed by atoms with E-state index >= 15 is 0 Å². The van der Waals surface area contributed by atoms with E-state index in [-0.39, 0.29) is 12.0 Å². The fraction of sp³-hybridized carbons (Fsp3) is 0.538. The smallest absolute Gasteiger partial charge is 0.139 e. The number of ether oxygens (including phenoxy) is 1. The van der Waals surface area contributed by atoms with Gasteiger partial charge in [-0.15, -0.1) is 0 Å². The van der Waals surface area contributed by atoms with Crippen molar-refractivity contribution >= 4 is 0 Å². The number of hydrogen-bond acceptors (Lipinski definition) is 2. The van der Waals surface area contributed by atoms with E-state index in [1.165, 1.54) is 5.56 Å². The van der Waals surface area contributed by atoms with Crippen LogP contribution in [-0.2, 0) is 15.8 Å². The molecule has 0 aromatic heterocycles. The van der Waals surface area contributed by atoms with Gasteiger partial charge >= 0.3 is 0 Å². The number of hydrogen-bond donors (Lipinski definition) is 1. The minimum Gasteiger partial charge on any atom is -0.393 e. The van der Waals surface area contributed by atoms with Crippen molar-refractivity contribution in [1.29, 1.82) is 0 Å². The summed E-state index contributed by atoms with van der Waals surface area (Å²) in [5, 5.41) is 9.21. The predicted molar refractivity (Wildman–Crippen MR) is 59.9 cm³/mol. The maximum atomic E-state index is 9.21. The largest absolute Gasteiger partial charge is 0.393 e. The molecule has 0 radical (unpaired) electrons. The Kier molecular flexibility index (Phi) is 2.36. The molecule has 1 heterocycles. The van der Waals surface area contributed by atoms with Crippen molar-refractivity contribution in [3.05, 3.63) is 35.4 Å². The lowest BCUT2D eigenvalue weighted by Crippen LogP contribution is -2.15. The molecule has 1 atom stereocenters. The average molecular weight is 206 g/mol. The number of epoxide rings is 1. The van der Waals surface area contributed by atoms with Gasteiger partial charge in [0, 0.05) is 0 Å². The molecule has 1 aliphatic rings. The third-order valence-electron chi connectivity index (χ3n) is 3.03. The Morgan fingerprint density at radius 3 is 2.13 bits per heavy atom. The number of aliphatic hydroxyl groups is 1. The van der Waals surface area contributed by atoms with Crippen LogP contribution in [0.25, 0.3) is 0 Å². The van der Waals surface area contributed by atoms with Crippen molar-refractivity contribution in [2.75, 3.05) is 13.2 Å². The molecule has 1 saturated heterocycles. The van der Waals surface area contributed by atoms with Gasteiger partial charge in [-0.1, -0.05) is 45.0 Å². The summed E-state index contributed by atoms with van der Waals surface area (Å²) >= 11 is 0. The zero-order chi connectivity index (χ0) is 11.1. The topological polar surface area (TPSA) is 32.8 Å². The third-order valence-corrected chi connectivity index (χ3v) is 3.03. The molecule has 1 aliphatic heterocycles. The van der Waals surface area contributed by atoms with E-state index in [1.54, 1.807) is 0 Å². The van der Waals surface area contributed by atoms with E-state index in [0.717, 1.165) is 5.56 Å². The highest BCUT2D eigenvalue weighted by Crippen LogP contribution is 2.38. The molecule has 0 saturated carbocycles. The van der Waals surface area contributed by atoms with Crippen LogP contribution in [0.3, 0.4) is 0 Å². The lowest BCUT2D eigenvalue weighted by molar-refractivity contribution is 0.172. The lowest BCUT2D eigenvalue weighted by atomic mass is 9.85. The van der Waals surface area contributed by atoms with Gasteiger partial charge in [-0.2, -0.15) is 0 Å². The van der Waals surface area contributed by atoms with Gasteiger partial charge in [-0.3, -0.25) is 0 Å². The molecule has 1 fully saturated rings. The number of benzene rings is 1. The first-order valence-corrected chi connectivity index (χ1v) is 5.34. The van der Waals surface area contributed by atoms with Crippen LogP contribution in [0.15, 0.2) is 24.3 Å². The SMILES string of the molecule is CC(C)(C)c1ccc(C2(CO)CO2)cc1. The number of aliphatic hydroxyl groups excluding tert-OH is 1. The van der Waals surface area contributed by atoms with Crippen molar-refractivity contribution < 1.29 is 9.84 Å². The maximum Gasteiger partial charge on any atom is 0.139 e. The van der Waals surface area contributed by atoms with E-state index in [4.69, 9.17) is 4.74 Å². The Labute approximate surface area is 90.9 Å². The van der Waals surface area contributed by atoms with Crippen LogP contribution in [-0.4, -0.2) is 18.3 Å². The summed E-state index contributed by atoms with van der Waals surface area (Å²) in [5.41, 5.74) is 2.17. The van der Waals surface area contributed by atoms with Crippen molar-refractivity contribution in [3.8, 4) is 0 Å². The quantitative estimate of drug-likeness (QED) is 0.752. The molecule has 1 N–H and O–H groups in total. The molecule has 0 spiro atoms. The second-order valence-electron chi connectivity index (χ2n) is 5.27. The summed E-state index contributed by atoms with van der Waals surface area (Å²) in [6, 6.07) is 8.36. The molecule has 2 rings (SSSR count). The highest BCUT2D eigenvalue weighted by Gasteiger charge is 2.45. The molecule has 0 amide bonds. The van der Waals surface area contributed by atoms with Gasteiger partial charge in [0.15, 0.2) is 0 Å². The molecular formula is C13H18O2. The molecule has 0 aliphatic carbocycles. The summed E-state index contributed by atoms with van der Waals surface area (Å²) in [6.07, 6.45) is 0. The Morgan fingerprint density at radius 2 is 1.80 bits per heavy atom. The van der Waals surface area contributed by atoms with E-state index in [1.807, 2.05) is 0 Å². The van der Waals surface area contributed by atoms with Gasteiger partial charge in [0.25, 0.3) is 0 Å². The molecule has 2 nitrogen and oxygen atoms in total. The van der Waals surface area contributed by atoms with Crippen LogP contribution in [0.5, 0.6) is 0 Å². The Bertz CT molecular complexity index is 342. The molecule has 2 heteroatoms. The van der Waals surface area contributed by atoms with Gasteiger partial charge in [-0.05, 0) is 16.5 Å². The van der Waals surface area contributed by atoms with Crippen LogP contribution in [0, 0.1) is 0 Å². The molecule has 1 unspecified atom stereocenters. The first kappa shape index (κ1) is 10.7. The zero-order valence-corrected chi connectivity index (χ0v) is 9.58. The summed E-state index contributed by atoms with van der Waals surface area (Å²) in [6.45, 7) is 7.28. The second-order valence-corrected chi connectivity index (χ2v) is 5.27. The molecule has 1 aromatic rings. The first-order valence-electron chi connectivity index (χ1n) is 5.34. The van der Waals surface area contributed by atoms with Gasteiger partial charge in [0.05, 0.1) is 13.2 Å². The summed E-state index contributed by atoms with van der Waals surface area (Å²) in [4.78, 5) is 0. The summed E-state index contributed by atoms with van der Waals surface area (Å²) in [5.74, 6) is 0. The van der Waals surface area contributed by atoms with Crippen molar-refractivity contribution in [2.45, 2.75) is 31.8 Å². The standard InChI is InChI=1S/C13H18O2/c1-12(2,3)10-4-6-11(7-5-10)13(8-14)9-15-13/h4-7,14H,8-9H2,1-3H3. The highest BCUT2D eigenvalue weighted by molar-refractivity contribution is 5.33. The van der Waals surface area contributed by atoms with Gasteiger partial charge in [0.1, 0.15) is 5.60 Å². The Balaban J connectivity index is 2.25. The van der Waals surface area contributed by atoms with Crippen molar-refractivity contribution in [1.82, 2.24) is 0 Å². The van der Waals surface area contributed by atoms with Gasteiger partial charge < -0.3 is 9.84 Å². The van der Waals surface area contributed by atoms with E-state index < -0.39 is 5.60 Å². The molecule has 15 heavy (non-hydrogen) atoms. The minimum atomic E-state index is -0.392. The van der Waals surface area contributed by atoms with Gasteiger partial charge in [0.2, 0.25) is 0 Å². The van der Waals surface area contributed by atoms with Crippen LogP contribution >= 0.6 is 0 Å². The summed E-state index contributed by atoms with van der Waals surface area (Å²) in [7, 11) is 0. The maximum absolute atomic E-state index is 9.21. The minimum absolute atomic E-state index is 0.0713. The first-order chi connectivity index (χ1) is 6.98. The third kappa shape index (κ3) is 1.92. The summed E-state index contributed by atoms with van der Waals surface area (Å²) < 4.78 is 5.31. The monoisotopic (exact) mass is 206 g/mol. The van der Waals surface area contributed by atoms with Gasteiger partial charge in [-0.25, -0.2) is 0 Å². The Hall–Kier alpha value is -0.860. The molecular weight excluding hydrogens is 188 g/mol. The molecule has 82 valence electrons. The Morgan fingerprint density at radius 1 is 1.27 bits per heavy atom. The van der Waals surface area contributed by atoms with Crippen molar-refractivity contribution in [3.63, 3.8) is 0 Å². The predicted octanol–water partition coefficient (Wildman–Crippen LogP) is 2.20. The lowest BCUT2D eigenvalue weighted by Gasteiger charge is -2.19. The second kappa shape index (κ2) is 3.32. The molecule has 1 aromatic carbocycles. The zero-order valence-electron chi connectivity index (χ0n) is 9.58. The fourth-order valence-electron chi connectivity index (χ4n) is 1.71. The van der Waals surface area contributed by atoms with Crippen molar-refractivity contribution in [2.24, 2.45) is 0 Å². The van der Waals surface area contributed by atoms with E-state index in [2.05, 4.69) is 45.0 Å². The van der Waals surface area contributed by atoms with Crippen LogP contribution in [0.2, 0.25) is 0 Å². The fourth-order valence-corrected chi connectivity index (χ4v) is 1.71. The van der Waals surface area contributed by atoms with E-state index in [9.17, 15) is 5.11 Å². The average Bonchev–Trinajstić information content (AvgIpc) is 2.97. The highest BCUT2D eigenvalue weighted by atomic mass is 16.6. The normalized spacial score (nSPS) is 25.3. The van der Waals surface area contributed by atoms with Crippen LogP contribution < -0.4 is 0 Å². The van der Waals surface area contributed by atoms with Crippen LogP contribution in [0.4, 0.5) is 0 Å². The number of rotatable bonds is 2.